The maximum atomic E-state index is 12.4. The maximum Gasteiger partial charge on any atom is 0.222 e. The lowest BCUT2D eigenvalue weighted by Crippen LogP contribution is -2.45. The van der Waals surface area contributed by atoms with E-state index in [4.69, 9.17) is 0 Å². The van der Waals surface area contributed by atoms with Gasteiger partial charge in [0.1, 0.15) is 0 Å². The third-order valence-corrected chi connectivity index (χ3v) is 9.16. The van der Waals surface area contributed by atoms with E-state index in [0.29, 0.717) is 6.42 Å². The molecule has 0 spiro atoms. The fourth-order valence-electron chi connectivity index (χ4n) is 6.02. The molecular formula is C42H79NO4. The fraction of sp³-hybridized carbons (Fsp3) is 0.833. The summed E-state index contributed by atoms with van der Waals surface area (Å²) in [5, 5.41) is 33.1. The molecule has 0 aliphatic carbocycles. The average molecular weight is 662 g/mol. The van der Waals surface area contributed by atoms with Crippen molar-refractivity contribution in [1.82, 2.24) is 5.32 Å². The van der Waals surface area contributed by atoms with Gasteiger partial charge in [0.2, 0.25) is 5.91 Å². The summed E-state index contributed by atoms with van der Waals surface area (Å²) in [7, 11) is 0. The van der Waals surface area contributed by atoms with Gasteiger partial charge in [0.05, 0.1) is 31.3 Å². The van der Waals surface area contributed by atoms with Gasteiger partial charge in [0.25, 0.3) is 0 Å². The molecule has 0 aliphatic rings. The van der Waals surface area contributed by atoms with Gasteiger partial charge in [-0.1, -0.05) is 185 Å². The van der Waals surface area contributed by atoms with Crippen molar-refractivity contribution in [3.63, 3.8) is 0 Å². The Morgan fingerprint density at radius 3 is 1.36 bits per heavy atom. The normalized spacial score (nSPS) is 14.1. The van der Waals surface area contributed by atoms with E-state index in [2.05, 4.69) is 43.5 Å². The van der Waals surface area contributed by atoms with E-state index in [1.807, 2.05) is 6.08 Å². The van der Waals surface area contributed by atoms with Gasteiger partial charge in [-0.25, -0.2) is 0 Å². The summed E-state index contributed by atoms with van der Waals surface area (Å²) in [6.07, 6.45) is 45.6. The van der Waals surface area contributed by atoms with Crippen molar-refractivity contribution in [2.75, 3.05) is 6.61 Å². The van der Waals surface area contributed by atoms with Gasteiger partial charge in [-0.15, -0.1) is 0 Å². The number of hydrogen-bond donors (Lipinski definition) is 4. The maximum absolute atomic E-state index is 12.4. The van der Waals surface area contributed by atoms with Crippen molar-refractivity contribution in [3.05, 3.63) is 36.5 Å². The van der Waals surface area contributed by atoms with Crippen LogP contribution in [-0.2, 0) is 4.79 Å². The summed E-state index contributed by atoms with van der Waals surface area (Å²) < 4.78 is 0. The van der Waals surface area contributed by atoms with Gasteiger partial charge >= 0.3 is 0 Å². The minimum atomic E-state index is -0.956. The minimum Gasteiger partial charge on any atom is -0.394 e. The molecule has 0 bridgehead atoms. The van der Waals surface area contributed by atoms with E-state index in [1.165, 1.54) is 135 Å². The number of amides is 1. The number of unbranched alkanes of at least 4 members (excludes halogenated alkanes) is 23. The molecule has 0 heterocycles. The van der Waals surface area contributed by atoms with Crippen LogP contribution in [0.1, 0.15) is 200 Å². The number of rotatable bonds is 36. The van der Waals surface area contributed by atoms with Crippen LogP contribution in [0.4, 0.5) is 0 Å². The van der Waals surface area contributed by atoms with E-state index in [-0.39, 0.29) is 18.9 Å². The lowest BCUT2D eigenvalue weighted by Gasteiger charge is -2.21. The Balaban J connectivity index is 3.73. The first-order valence-corrected chi connectivity index (χ1v) is 20.3. The van der Waals surface area contributed by atoms with Gasteiger partial charge in [-0.3, -0.25) is 4.79 Å². The summed E-state index contributed by atoms with van der Waals surface area (Å²) in [5.41, 5.74) is 0. The molecule has 0 rings (SSSR count). The first-order chi connectivity index (χ1) is 23.0. The van der Waals surface area contributed by atoms with Crippen molar-refractivity contribution in [2.24, 2.45) is 0 Å². The van der Waals surface area contributed by atoms with Crippen molar-refractivity contribution >= 4 is 5.91 Å². The van der Waals surface area contributed by atoms with Crippen LogP contribution >= 0.6 is 0 Å². The second-order valence-corrected chi connectivity index (χ2v) is 13.9. The zero-order valence-electron chi connectivity index (χ0n) is 31.2. The standard InChI is InChI=1S/C42H79NO4/c1-3-5-7-9-11-13-15-17-19-20-21-22-23-25-27-29-31-33-35-39(45)37-42(47)43-40(38-44)41(46)36-34-32-30-28-26-24-18-16-14-12-10-8-6-4-2/h14,16,26,28,34,36,39-41,44-46H,3-13,15,17-25,27,29-33,35,37-38H2,1-2H3,(H,43,47)/b16-14+,28-26+,36-34+. The number of nitrogens with one attached hydrogen (secondary N) is 1. The second-order valence-electron chi connectivity index (χ2n) is 13.9. The smallest absolute Gasteiger partial charge is 0.222 e. The first-order valence-electron chi connectivity index (χ1n) is 20.3. The highest BCUT2D eigenvalue weighted by molar-refractivity contribution is 5.76. The third-order valence-electron chi connectivity index (χ3n) is 9.16. The molecule has 276 valence electrons. The van der Waals surface area contributed by atoms with Gasteiger partial charge < -0.3 is 20.6 Å². The minimum absolute atomic E-state index is 0.00470. The van der Waals surface area contributed by atoms with Crippen LogP contribution in [0.15, 0.2) is 36.5 Å². The molecule has 3 atom stereocenters. The van der Waals surface area contributed by atoms with Crippen LogP contribution < -0.4 is 5.32 Å². The molecule has 5 heteroatoms. The number of hydrogen-bond acceptors (Lipinski definition) is 4. The van der Waals surface area contributed by atoms with Crippen LogP contribution in [0, 0.1) is 0 Å². The summed E-state index contributed by atoms with van der Waals surface area (Å²) in [6, 6.07) is -0.764. The molecule has 0 saturated heterocycles. The molecule has 0 aromatic carbocycles. The second kappa shape index (κ2) is 37.4. The van der Waals surface area contributed by atoms with Crippen LogP contribution in [0.2, 0.25) is 0 Å². The van der Waals surface area contributed by atoms with Gasteiger partial charge in [0.15, 0.2) is 0 Å². The highest BCUT2D eigenvalue weighted by atomic mass is 16.3. The van der Waals surface area contributed by atoms with Crippen LogP contribution in [0.3, 0.4) is 0 Å². The molecule has 1 amide bonds. The molecule has 0 radical (unpaired) electrons. The highest BCUT2D eigenvalue weighted by Gasteiger charge is 2.20. The Morgan fingerprint density at radius 2 is 0.915 bits per heavy atom. The van der Waals surface area contributed by atoms with E-state index in [9.17, 15) is 20.1 Å². The third kappa shape index (κ3) is 34.2. The van der Waals surface area contributed by atoms with E-state index >= 15 is 0 Å². The van der Waals surface area contributed by atoms with E-state index in [1.54, 1.807) is 6.08 Å². The van der Waals surface area contributed by atoms with Crippen molar-refractivity contribution in [1.29, 1.82) is 0 Å². The fourth-order valence-corrected chi connectivity index (χ4v) is 6.02. The molecule has 0 aromatic rings. The number of carbonyl (C=O) groups excluding carboxylic acids is 1. The average Bonchev–Trinajstić information content (AvgIpc) is 3.06. The van der Waals surface area contributed by atoms with Crippen molar-refractivity contribution in [2.45, 2.75) is 218 Å². The molecule has 5 nitrogen and oxygen atoms in total. The number of aliphatic hydroxyl groups excluding tert-OH is 3. The zero-order valence-corrected chi connectivity index (χ0v) is 31.2. The molecule has 0 aromatic heterocycles. The molecule has 47 heavy (non-hydrogen) atoms. The lowest BCUT2D eigenvalue weighted by molar-refractivity contribution is -0.124. The number of carbonyl (C=O) groups is 1. The Bertz CT molecular complexity index is 734. The van der Waals surface area contributed by atoms with Crippen LogP contribution in [-0.4, -0.2) is 46.1 Å². The molecule has 3 unspecified atom stereocenters. The van der Waals surface area contributed by atoms with Crippen LogP contribution in [0.5, 0.6) is 0 Å². The summed E-state index contributed by atoms with van der Waals surface area (Å²) >= 11 is 0. The number of allylic oxidation sites excluding steroid dienone is 5. The Hall–Kier alpha value is -1.43. The predicted octanol–water partition coefficient (Wildman–Crippen LogP) is 11.2. The first kappa shape index (κ1) is 45.6. The van der Waals surface area contributed by atoms with Gasteiger partial charge in [-0.2, -0.15) is 0 Å². The van der Waals surface area contributed by atoms with Gasteiger partial charge in [0, 0.05) is 0 Å². The highest BCUT2D eigenvalue weighted by Crippen LogP contribution is 2.15. The van der Waals surface area contributed by atoms with E-state index < -0.39 is 18.2 Å². The lowest BCUT2D eigenvalue weighted by atomic mass is 10.0. The van der Waals surface area contributed by atoms with E-state index in [0.717, 1.165) is 38.5 Å². The molecule has 0 fully saturated rings. The SMILES string of the molecule is CCCCCC/C=C/CC/C=C/CC/C=C/C(O)C(CO)NC(=O)CC(O)CCCCCCCCCCCCCCCCCCCC. The Morgan fingerprint density at radius 1 is 0.532 bits per heavy atom. The molecular weight excluding hydrogens is 582 g/mol. The van der Waals surface area contributed by atoms with Crippen molar-refractivity contribution < 1.29 is 20.1 Å². The molecule has 0 saturated carbocycles. The van der Waals surface area contributed by atoms with Gasteiger partial charge in [-0.05, 0) is 44.9 Å². The van der Waals surface area contributed by atoms with Crippen LogP contribution in [0.25, 0.3) is 0 Å². The molecule has 4 N–H and O–H groups in total. The predicted molar refractivity (Wildman–Crippen MR) is 204 cm³/mol. The largest absolute Gasteiger partial charge is 0.394 e. The quantitative estimate of drug-likeness (QED) is 0.0397. The summed E-state index contributed by atoms with van der Waals surface area (Å²) in [6.45, 7) is 4.17. The monoisotopic (exact) mass is 662 g/mol. The summed E-state index contributed by atoms with van der Waals surface area (Å²) in [4.78, 5) is 12.4. The Labute approximate surface area is 292 Å². The molecule has 0 aliphatic heterocycles. The Kier molecular flexibility index (Phi) is 36.3. The number of aliphatic hydroxyl groups is 3. The van der Waals surface area contributed by atoms with Crippen molar-refractivity contribution in [3.8, 4) is 0 Å². The summed E-state index contributed by atoms with van der Waals surface area (Å²) in [5.74, 6) is -0.329. The topological polar surface area (TPSA) is 89.8 Å². The zero-order chi connectivity index (χ0) is 34.5.